The maximum absolute atomic E-state index is 12.2. The molecule has 0 saturated carbocycles. The van der Waals surface area contributed by atoms with Crippen LogP contribution in [-0.2, 0) is 16.6 Å². The van der Waals surface area contributed by atoms with E-state index in [1.807, 2.05) is 0 Å². The van der Waals surface area contributed by atoms with E-state index in [0.717, 1.165) is 25.2 Å². The fraction of sp³-hybridized carbons (Fsp3) is 0.533. The van der Waals surface area contributed by atoms with E-state index < -0.39 is 10.0 Å². The highest BCUT2D eigenvalue weighted by Crippen LogP contribution is 2.11. The molecule has 1 aromatic rings. The van der Waals surface area contributed by atoms with Crippen LogP contribution in [0.1, 0.15) is 12.5 Å². The molecule has 1 aliphatic heterocycles. The molecule has 8 heteroatoms. The van der Waals surface area contributed by atoms with Gasteiger partial charge in [-0.3, -0.25) is 0 Å². The lowest BCUT2D eigenvalue weighted by atomic mass is 10.2. The molecule has 2 amide bonds. The summed E-state index contributed by atoms with van der Waals surface area (Å²) in [4.78, 5) is 16.5. The third-order valence-corrected chi connectivity index (χ3v) is 5.44. The van der Waals surface area contributed by atoms with Crippen LogP contribution >= 0.6 is 0 Å². The number of benzene rings is 1. The zero-order valence-corrected chi connectivity index (χ0v) is 14.4. The number of urea groups is 1. The van der Waals surface area contributed by atoms with Gasteiger partial charge in [-0.1, -0.05) is 19.1 Å². The predicted molar refractivity (Wildman–Crippen MR) is 88.6 cm³/mol. The highest BCUT2D eigenvalue weighted by Gasteiger charge is 2.19. The quantitative estimate of drug-likeness (QED) is 0.815. The molecule has 0 radical (unpaired) electrons. The van der Waals surface area contributed by atoms with Crippen molar-refractivity contribution >= 4 is 16.1 Å². The molecule has 7 nitrogen and oxygen atoms in total. The summed E-state index contributed by atoms with van der Waals surface area (Å²) in [5, 5.41) is 2.85. The van der Waals surface area contributed by atoms with Crippen molar-refractivity contribution in [2.45, 2.75) is 18.4 Å². The molecule has 23 heavy (non-hydrogen) atoms. The monoisotopic (exact) mass is 340 g/mol. The average molecular weight is 340 g/mol. The highest BCUT2D eigenvalue weighted by molar-refractivity contribution is 7.89. The Morgan fingerprint density at radius 1 is 1.22 bits per heavy atom. The summed E-state index contributed by atoms with van der Waals surface area (Å²) in [7, 11) is -2.09. The molecule has 2 N–H and O–H groups in total. The van der Waals surface area contributed by atoms with Crippen molar-refractivity contribution in [3.05, 3.63) is 29.8 Å². The molecule has 0 spiro atoms. The van der Waals surface area contributed by atoms with E-state index in [-0.39, 0.29) is 10.9 Å². The molecule has 1 aromatic carbocycles. The van der Waals surface area contributed by atoms with Gasteiger partial charge in [-0.05, 0) is 31.3 Å². The number of hydrogen-bond donors (Lipinski definition) is 2. The first-order valence-electron chi connectivity index (χ1n) is 7.74. The fourth-order valence-electron chi connectivity index (χ4n) is 2.50. The van der Waals surface area contributed by atoms with Crippen LogP contribution in [0.3, 0.4) is 0 Å². The Balaban J connectivity index is 1.91. The Morgan fingerprint density at radius 3 is 2.52 bits per heavy atom. The minimum absolute atomic E-state index is 0.109. The lowest BCUT2D eigenvalue weighted by Crippen LogP contribution is -2.51. The van der Waals surface area contributed by atoms with E-state index in [0.29, 0.717) is 19.6 Å². The molecule has 0 aromatic heterocycles. The number of amides is 2. The van der Waals surface area contributed by atoms with Crippen LogP contribution in [0.25, 0.3) is 0 Å². The van der Waals surface area contributed by atoms with Crippen molar-refractivity contribution in [3.8, 4) is 0 Å². The third-order valence-electron chi connectivity index (χ3n) is 4.03. The number of piperazine rings is 1. The molecule has 0 unspecified atom stereocenters. The Hall–Kier alpha value is -1.64. The van der Waals surface area contributed by atoms with Crippen molar-refractivity contribution in [1.82, 2.24) is 19.8 Å². The van der Waals surface area contributed by atoms with Gasteiger partial charge in [0.25, 0.3) is 0 Å². The van der Waals surface area contributed by atoms with E-state index in [1.54, 1.807) is 23.1 Å². The second-order valence-corrected chi connectivity index (χ2v) is 7.32. The van der Waals surface area contributed by atoms with E-state index in [2.05, 4.69) is 21.9 Å². The lowest BCUT2D eigenvalue weighted by Gasteiger charge is -2.34. The van der Waals surface area contributed by atoms with Crippen molar-refractivity contribution in [1.29, 1.82) is 0 Å². The Bertz CT molecular complexity index is 640. The van der Waals surface area contributed by atoms with Gasteiger partial charge in [0.2, 0.25) is 10.0 Å². The summed E-state index contributed by atoms with van der Waals surface area (Å²) >= 11 is 0. The molecular weight excluding hydrogens is 316 g/mol. The van der Waals surface area contributed by atoms with Crippen molar-refractivity contribution in [2.24, 2.45) is 0 Å². The van der Waals surface area contributed by atoms with Crippen molar-refractivity contribution in [2.75, 3.05) is 39.8 Å². The summed E-state index contributed by atoms with van der Waals surface area (Å²) in [6.07, 6.45) is 0. The number of hydrogen-bond acceptors (Lipinski definition) is 4. The van der Waals surface area contributed by atoms with Gasteiger partial charge < -0.3 is 15.1 Å². The zero-order valence-electron chi connectivity index (χ0n) is 13.6. The molecule has 1 fully saturated rings. The summed E-state index contributed by atoms with van der Waals surface area (Å²) in [5.74, 6) is 0. The van der Waals surface area contributed by atoms with Crippen molar-refractivity contribution < 1.29 is 13.2 Å². The maximum Gasteiger partial charge on any atom is 0.317 e. The van der Waals surface area contributed by atoms with E-state index in [1.165, 1.54) is 13.1 Å². The summed E-state index contributed by atoms with van der Waals surface area (Å²) in [6, 6.07) is 6.46. The SMILES string of the molecule is CCN1CCN(C(=O)NCc2cccc(S(=O)(=O)NC)c2)CC1. The number of rotatable bonds is 5. The van der Waals surface area contributed by atoms with Gasteiger partial charge in [-0.25, -0.2) is 17.9 Å². The summed E-state index contributed by atoms with van der Waals surface area (Å²) in [6.45, 7) is 6.63. The highest BCUT2D eigenvalue weighted by atomic mass is 32.2. The van der Waals surface area contributed by atoms with Crippen LogP contribution < -0.4 is 10.0 Å². The molecule has 0 aliphatic carbocycles. The number of sulfonamides is 1. The van der Waals surface area contributed by atoms with Gasteiger partial charge in [0.05, 0.1) is 4.90 Å². The van der Waals surface area contributed by atoms with Crippen LogP contribution in [0.2, 0.25) is 0 Å². The number of nitrogens with zero attached hydrogens (tertiary/aromatic N) is 2. The molecule has 1 aliphatic rings. The van der Waals surface area contributed by atoms with Crippen LogP contribution in [0.5, 0.6) is 0 Å². The standard InChI is InChI=1S/C15H24N4O3S/c1-3-18-7-9-19(10-8-18)15(20)17-12-13-5-4-6-14(11-13)23(21,22)16-2/h4-6,11,16H,3,7-10,12H2,1-2H3,(H,17,20). The first kappa shape index (κ1) is 17.7. The Kier molecular flexibility index (Phi) is 5.97. The number of carbonyl (C=O) groups excluding carboxylic acids is 1. The zero-order chi connectivity index (χ0) is 16.9. The minimum atomic E-state index is -3.47. The third kappa shape index (κ3) is 4.66. The van der Waals surface area contributed by atoms with Crippen LogP contribution in [0.4, 0.5) is 4.79 Å². The van der Waals surface area contributed by atoms with Gasteiger partial charge >= 0.3 is 6.03 Å². The molecular formula is C15H24N4O3S. The molecule has 0 atom stereocenters. The lowest BCUT2D eigenvalue weighted by molar-refractivity contribution is 0.142. The Morgan fingerprint density at radius 2 is 1.91 bits per heavy atom. The normalized spacial score (nSPS) is 16.3. The van der Waals surface area contributed by atoms with Crippen LogP contribution in [-0.4, -0.2) is 64.0 Å². The molecule has 1 saturated heterocycles. The van der Waals surface area contributed by atoms with Gasteiger partial charge in [-0.15, -0.1) is 0 Å². The number of carbonyl (C=O) groups is 1. The second-order valence-electron chi connectivity index (χ2n) is 5.43. The molecule has 1 heterocycles. The van der Waals surface area contributed by atoms with Gasteiger partial charge in [0.1, 0.15) is 0 Å². The van der Waals surface area contributed by atoms with Crippen molar-refractivity contribution in [3.63, 3.8) is 0 Å². The van der Waals surface area contributed by atoms with Crippen LogP contribution in [0, 0.1) is 0 Å². The first-order valence-corrected chi connectivity index (χ1v) is 9.22. The number of likely N-dealkylation sites (N-methyl/N-ethyl adjacent to an activating group) is 1. The maximum atomic E-state index is 12.2. The van der Waals surface area contributed by atoms with Gasteiger partial charge in [0.15, 0.2) is 0 Å². The van der Waals surface area contributed by atoms with Gasteiger partial charge in [-0.2, -0.15) is 0 Å². The smallest absolute Gasteiger partial charge is 0.317 e. The molecule has 2 rings (SSSR count). The number of nitrogens with one attached hydrogen (secondary N) is 2. The first-order chi connectivity index (χ1) is 11.0. The minimum Gasteiger partial charge on any atom is -0.334 e. The van der Waals surface area contributed by atoms with E-state index in [9.17, 15) is 13.2 Å². The second kappa shape index (κ2) is 7.76. The van der Waals surface area contributed by atoms with E-state index in [4.69, 9.17) is 0 Å². The average Bonchev–Trinajstić information content (AvgIpc) is 2.60. The topological polar surface area (TPSA) is 81.8 Å². The van der Waals surface area contributed by atoms with E-state index >= 15 is 0 Å². The summed E-state index contributed by atoms with van der Waals surface area (Å²) < 4.78 is 25.9. The van der Waals surface area contributed by atoms with Crippen LogP contribution in [0.15, 0.2) is 29.2 Å². The molecule has 0 bridgehead atoms. The Labute approximate surface area is 137 Å². The molecule has 128 valence electrons. The fourth-order valence-corrected chi connectivity index (χ4v) is 3.30. The largest absolute Gasteiger partial charge is 0.334 e. The van der Waals surface area contributed by atoms with Gasteiger partial charge in [0, 0.05) is 32.7 Å². The summed E-state index contributed by atoms with van der Waals surface area (Å²) in [5.41, 5.74) is 0.752. The predicted octanol–water partition coefficient (Wildman–Crippen LogP) is 0.442.